The van der Waals surface area contributed by atoms with E-state index in [-0.39, 0.29) is 35.7 Å². The zero-order valence-corrected chi connectivity index (χ0v) is 19.6. The van der Waals surface area contributed by atoms with Crippen molar-refractivity contribution in [3.63, 3.8) is 0 Å². The summed E-state index contributed by atoms with van der Waals surface area (Å²) in [5.74, 6) is 0.741. The van der Waals surface area contributed by atoms with Crippen LogP contribution in [0.4, 0.5) is 0 Å². The number of amides is 2. The van der Waals surface area contributed by atoms with Crippen LogP contribution in [0.1, 0.15) is 73.1 Å². The number of hydrogen-bond acceptors (Lipinski definition) is 5. The number of carbonyl (C=O) groups excluding carboxylic acids is 3. The van der Waals surface area contributed by atoms with E-state index in [2.05, 4.69) is 5.32 Å². The zero-order valence-electron chi connectivity index (χ0n) is 19.6. The Balaban J connectivity index is 2.05. The lowest BCUT2D eigenvalue weighted by Gasteiger charge is -2.29. The molecule has 7 heteroatoms. The molecular formula is C23H42N2O5. The van der Waals surface area contributed by atoms with Gasteiger partial charge in [-0.15, -0.1) is 0 Å². The SMILES string of the molecule is CCC(=O)N(CCOCCOCCC(=O)NC1CCC(C(=O)C(C)C)CC1)C(C)C. The van der Waals surface area contributed by atoms with E-state index in [0.29, 0.717) is 51.6 Å². The van der Waals surface area contributed by atoms with Gasteiger partial charge in [-0.1, -0.05) is 20.8 Å². The van der Waals surface area contributed by atoms with Gasteiger partial charge in [-0.3, -0.25) is 14.4 Å². The summed E-state index contributed by atoms with van der Waals surface area (Å²) in [5, 5.41) is 3.06. The van der Waals surface area contributed by atoms with Gasteiger partial charge in [-0.05, 0) is 39.5 Å². The highest BCUT2D eigenvalue weighted by molar-refractivity contribution is 5.83. The Morgan fingerprint density at radius 1 is 0.933 bits per heavy atom. The first-order valence-corrected chi connectivity index (χ1v) is 11.5. The van der Waals surface area contributed by atoms with Gasteiger partial charge in [-0.25, -0.2) is 0 Å². The first-order chi connectivity index (χ1) is 14.3. The average Bonchev–Trinajstić information content (AvgIpc) is 2.71. The van der Waals surface area contributed by atoms with Crippen LogP contribution in [0.2, 0.25) is 0 Å². The number of hydrogen-bond donors (Lipinski definition) is 1. The van der Waals surface area contributed by atoms with E-state index in [1.807, 2.05) is 39.5 Å². The van der Waals surface area contributed by atoms with Crippen LogP contribution < -0.4 is 5.32 Å². The largest absolute Gasteiger partial charge is 0.379 e. The summed E-state index contributed by atoms with van der Waals surface area (Å²) in [5.41, 5.74) is 0. The third-order valence-electron chi connectivity index (χ3n) is 5.63. The quantitative estimate of drug-likeness (QED) is 0.432. The van der Waals surface area contributed by atoms with E-state index in [9.17, 15) is 14.4 Å². The van der Waals surface area contributed by atoms with Crippen molar-refractivity contribution in [2.75, 3.05) is 33.0 Å². The number of carbonyl (C=O) groups is 3. The second kappa shape index (κ2) is 14.5. The van der Waals surface area contributed by atoms with E-state index in [1.54, 1.807) is 0 Å². The molecule has 1 saturated carbocycles. The summed E-state index contributed by atoms with van der Waals surface area (Å²) in [4.78, 5) is 37.8. The lowest BCUT2D eigenvalue weighted by molar-refractivity contribution is -0.133. The van der Waals surface area contributed by atoms with E-state index in [0.717, 1.165) is 25.7 Å². The Kier molecular flexibility index (Phi) is 12.9. The molecule has 1 rings (SSSR count). The van der Waals surface area contributed by atoms with Crippen molar-refractivity contribution < 1.29 is 23.9 Å². The molecule has 0 aliphatic heterocycles. The molecule has 30 heavy (non-hydrogen) atoms. The maximum atomic E-state index is 12.1. The van der Waals surface area contributed by atoms with E-state index < -0.39 is 0 Å². The van der Waals surface area contributed by atoms with Crippen LogP contribution in [0.5, 0.6) is 0 Å². The molecule has 1 aliphatic carbocycles. The molecule has 2 amide bonds. The Hall–Kier alpha value is -1.47. The number of nitrogens with zero attached hydrogens (tertiary/aromatic N) is 1. The molecule has 1 fully saturated rings. The molecule has 0 saturated heterocycles. The molecular weight excluding hydrogens is 384 g/mol. The molecule has 7 nitrogen and oxygen atoms in total. The Labute approximate surface area is 182 Å². The summed E-state index contributed by atoms with van der Waals surface area (Å²) in [6.07, 6.45) is 4.31. The van der Waals surface area contributed by atoms with Gasteiger partial charge in [-0.2, -0.15) is 0 Å². The van der Waals surface area contributed by atoms with Crippen LogP contribution in [0.25, 0.3) is 0 Å². The molecule has 174 valence electrons. The molecule has 0 bridgehead atoms. The van der Waals surface area contributed by atoms with Gasteiger partial charge in [0.15, 0.2) is 0 Å². The number of ether oxygens (including phenoxy) is 2. The van der Waals surface area contributed by atoms with Crippen molar-refractivity contribution in [2.45, 2.75) is 85.2 Å². The molecule has 0 heterocycles. The summed E-state index contributed by atoms with van der Waals surface area (Å²) < 4.78 is 11.0. The first-order valence-electron chi connectivity index (χ1n) is 11.5. The maximum absolute atomic E-state index is 12.1. The fourth-order valence-corrected chi connectivity index (χ4v) is 3.82. The van der Waals surface area contributed by atoms with Crippen molar-refractivity contribution in [3.8, 4) is 0 Å². The lowest BCUT2D eigenvalue weighted by atomic mass is 9.80. The molecule has 0 aromatic heterocycles. The van der Waals surface area contributed by atoms with E-state index >= 15 is 0 Å². The highest BCUT2D eigenvalue weighted by Crippen LogP contribution is 2.27. The normalized spacial score (nSPS) is 19.2. The molecule has 0 radical (unpaired) electrons. The first kappa shape index (κ1) is 26.6. The van der Waals surface area contributed by atoms with Gasteiger partial charge in [0, 0.05) is 43.3 Å². The molecule has 0 spiro atoms. The maximum Gasteiger partial charge on any atom is 0.222 e. The van der Waals surface area contributed by atoms with Crippen LogP contribution in [0, 0.1) is 11.8 Å². The third-order valence-corrected chi connectivity index (χ3v) is 5.63. The smallest absolute Gasteiger partial charge is 0.222 e. The van der Waals surface area contributed by atoms with Crippen molar-refractivity contribution in [3.05, 3.63) is 0 Å². The summed E-state index contributed by atoms with van der Waals surface area (Å²) in [6, 6.07) is 0.341. The molecule has 0 atom stereocenters. The van der Waals surface area contributed by atoms with Gasteiger partial charge >= 0.3 is 0 Å². The van der Waals surface area contributed by atoms with Gasteiger partial charge in [0.05, 0.1) is 26.4 Å². The second-order valence-electron chi connectivity index (χ2n) is 8.68. The zero-order chi connectivity index (χ0) is 22.5. The fraction of sp³-hybridized carbons (Fsp3) is 0.870. The third kappa shape index (κ3) is 10.0. The fourth-order valence-electron chi connectivity index (χ4n) is 3.82. The van der Waals surface area contributed by atoms with Crippen molar-refractivity contribution in [1.82, 2.24) is 10.2 Å². The van der Waals surface area contributed by atoms with Crippen molar-refractivity contribution >= 4 is 17.6 Å². The van der Waals surface area contributed by atoms with Crippen LogP contribution >= 0.6 is 0 Å². The monoisotopic (exact) mass is 426 g/mol. The second-order valence-corrected chi connectivity index (χ2v) is 8.68. The van der Waals surface area contributed by atoms with E-state index in [1.165, 1.54) is 0 Å². The minimum atomic E-state index is 0.000192. The lowest BCUT2D eigenvalue weighted by Crippen LogP contribution is -2.39. The highest BCUT2D eigenvalue weighted by Gasteiger charge is 2.28. The van der Waals surface area contributed by atoms with Crippen LogP contribution in [0.3, 0.4) is 0 Å². The molecule has 1 aliphatic rings. The summed E-state index contributed by atoms with van der Waals surface area (Å²) >= 11 is 0. The Bertz CT molecular complexity index is 528. The topological polar surface area (TPSA) is 84.9 Å². The standard InChI is InChI=1S/C23H42N2O5/c1-6-22(27)25(18(4)5)12-14-30-16-15-29-13-11-21(26)24-20-9-7-19(8-10-20)23(28)17(2)3/h17-20H,6-16H2,1-5H3,(H,24,26). The summed E-state index contributed by atoms with van der Waals surface area (Å²) in [7, 11) is 0. The van der Waals surface area contributed by atoms with Gasteiger partial charge < -0.3 is 19.7 Å². The van der Waals surface area contributed by atoms with Crippen LogP contribution in [-0.2, 0) is 23.9 Å². The van der Waals surface area contributed by atoms with Crippen LogP contribution in [-0.4, -0.2) is 67.6 Å². The predicted molar refractivity (Wildman–Crippen MR) is 117 cm³/mol. The highest BCUT2D eigenvalue weighted by atomic mass is 16.5. The Morgan fingerprint density at radius 3 is 2.07 bits per heavy atom. The van der Waals surface area contributed by atoms with Gasteiger partial charge in [0.25, 0.3) is 0 Å². The van der Waals surface area contributed by atoms with Gasteiger partial charge in [0.2, 0.25) is 11.8 Å². The molecule has 0 unspecified atom stereocenters. The summed E-state index contributed by atoms with van der Waals surface area (Å²) in [6.45, 7) is 12.1. The average molecular weight is 427 g/mol. The minimum Gasteiger partial charge on any atom is -0.379 e. The minimum absolute atomic E-state index is 0.000192. The molecule has 0 aromatic rings. The van der Waals surface area contributed by atoms with Crippen molar-refractivity contribution in [2.24, 2.45) is 11.8 Å². The van der Waals surface area contributed by atoms with E-state index in [4.69, 9.17) is 9.47 Å². The van der Waals surface area contributed by atoms with Crippen LogP contribution in [0.15, 0.2) is 0 Å². The number of Topliss-reactive ketones (excluding diaryl/α,β-unsaturated/α-hetero) is 1. The predicted octanol–water partition coefficient (Wildman–Crippen LogP) is 2.96. The van der Waals surface area contributed by atoms with Crippen molar-refractivity contribution in [1.29, 1.82) is 0 Å². The number of ketones is 1. The number of rotatable bonds is 14. The Morgan fingerprint density at radius 2 is 1.53 bits per heavy atom. The molecule has 1 N–H and O–H groups in total. The molecule has 0 aromatic carbocycles. The number of nitrogens with one attached hydrogen (secondary N) is 1. The van der Waals surface area contributed by atoms with Gasteiger partial charge in [0.1, 0.15) is 5.78 Å².